The number of nitrogens with zero attached hydrogens (tertiary/aromatic N) is 1. The predicted octanol–water partition coefficient (Wildman–Crippen LogP) is 4.82. The molecule has 1 aromatic carbocycles. The van der Waals surface area contributed by atoms with Crippen LogP contribution in [0.25, 0.3) is 10.9 Å². The highest BCUT2D eigenvalue weighted by molar-refractivity contribution is 14.1. The predicted molar refractivity (Wildman–Crippen MR) is 81.3 cm³/mol. The third kappa shape index (κ3) is 2.86. The molecule has 0 aliphatic heterocycles. The number of rotatable bonds is 0. The summed E-state index contributed by atoms with van der Waals surface area (Å²) in [6.07, 6.45) is 1.01. The zero-order chi connectivity index (χ0) is 14.4. The minimum absolute atomic E-state index is 0.0775. The Morgan fingerprint density at radius 3 is 2.63 bits per heavy atom. The number of ether oxygens (including phenoxy) is 1. The Hall–Kier alpha value is -0.820. The summed E-state index contributed by atoms with van der Waals surface area (Å²) in [5, 5.41) is 0.643. The van der Waals surface area contributed by atoms with Gasteiger partial charge in [0.2, 0.25) is 0 Å². The molecule has 0 unspecified atom stereocenters. The third-order valence-electron chi connectivity index (χ3n) is 2.40. The number of halogens is 3. The Balaban J connectivity index is 2.61. The summed E-state index contributed by atoms with van der Waals surface area (Å²) in [5.74, 6) is -0.562. The second-order valence-electron chi connectivity index (χ2n) is 5.08. The molecule has 3 nitrogen and oxygen atoms in total. The molecule has 2 aromatic rings. The molecule has 0 saturated carbocycles. The fourth-order valence-corrected chi connectivity index (χ4v) is 2.64. The summed E-state index contributed by atoms with van der Waals surface area (Å²) in [6.45, 7) is 5.30. The highest BCUT2D eigenvalue weighted by atomic mass is 127. The van der Waals surface area contributed by atoms with E-state index in [-0.39, 0.29) is 5.02 Å². The Labute approximate surface area is 128 Å². The average molecular weight is 396 g/mol. The zero-order valence-corrected chi connectivity index (χ0v) is 13.5. The number of hydrogen-bond acceptors (Lipinski definition) is 2. The van der Waals surface area contributed by atoms with Crippen molar-refractivity contribution in [1.29, 1.82) is 0 Å². The van der Waals surface area contributed by atoms with Crippen molar-refractivity contribution in [3.63, 3.8) is 0 Å². The molecule has 0 bridgehead atoms. The highest BCUT2D eigenvalue weighted by Crippen LogP contribution is 2.31. The molecular weight excluding hydrogens is 384 g/mol. The summed E-state index contributed by atoms with van der Waals surface area (Å²) in [5.41, 5.74) is -0.292. The second kappa shape index (κ2) is 4.94. The van der Waals surface area contributed by atoms with E-state index in [1.807, 2.05) is 0 Å². The summed E-state index contributed by atoms with van der Waals surface area (Å²) in [7, 11) is 0. The molecule has 0 radical (unpaired) electrons. The van der Waals surface area contributed by atoms with E-state index >= 15 is 0 Å². The normalized spacial score (nSPS) is 11.9. The van der Waals surface area contributed by atoms with E-state index < -0.39 is 17.5 Å². The van der Waals surface area contributed by atoms with Crippen molar-refractivity contribution in [3.05, 3.63) is 32.7 Å². The number of carbonyl (C=O) groups excluding carboxylic acids is 1. The van der Waals surface area contributed by atoms with Gasteiger partial charge in [0.15, 0.2) is 0 Å². The molecule has 0 spiro atoms. The van der Waals surface area contributed by atoms with Gasteiger partial charge in [0.05, 0.1) is 5.52 Å². The maximum Gasteiger partial charge on any atom is 0.419 e. The lowest BCUT2D eigenvalue weighted by Crippen LogP contribution is -2.26. The van der Waals surface area contributed by atoms with Crippen molar-refractivity contribution >= 4 is 51.2 Å². The van der Waals surface area contributed by atoms with Crippen molar-refractivity contribution in [2.24, 2.45) is 0 Å². The minimum atomic E-state index is -0.626. The Morgan fingerprint density at radius 1 is 1.42 bits per heavy atom. The number of carbonyl (C=O) groups is 1. The Morgan fingerprint density at radius 2 is 2.05 bits per heavy atom. The number of benzene rings is 1. The van der Waals surface area contributed by atoms with Crippen molar-refractivity contribution in [2.45, 2.75) is 26.4 Å². The van der Waals surface area contributed by atoms with E-state index in [1.54, 1.807) is 33.0 Å². The van der Waals surface area contributed by atoms with Gasteiger partial charge in [-0.15, -0.1) is 0 Å². The van der Waals surface area contributed by atoms with E-state index in [4.69, 9.17) is 16.3 Å². The topological polar surface area (TPSA) is 31.2 Å². The van der Waals surface area contributed by atoms with Gasteiger partial charge < -0.3 is 4.74 Å². The van der Waals surface area contributed by atoms with Crippen molar-refractivity contribution < 1.29 is 13.9 Å². The average Bonchev–Trinajstić information content (AvgIpc) is 2.60. The fourth-order valence-electron chi connectivity index (χ4n) is 1.67. The lowest BCUT2D eigenvalue weighted by atomic mass is 10.2. The first-order valence-electron chi connectivity index (χ1n) is 5.58. The smallest absolute Gasteiger partial charge is 0.419 e. The third-order valence-corrected chi connectivity index (χ3v) is 3.62. The van der Waals surface area contributed by atoms with Gasteiger partial charge in [-0.25, -0.2) is 13.8 Å². The zero-order valence-electron chi connectivity index (χ0n) is 10.6. The molecular formula is C13H12ClFINO2. The number of hydrogen-bond donors (Lipinski definition) is 0. The molecule has 1 heterocycles. The van der Waals surface area contributed by atoms with Crippen LogP contribution < -0.4 is 0 Å². The Kier molecular flexibility index (Phi) is 3.79. The molecule has 102 valence electrons. The number of fused-ring (bicyclic) bond motifs is 1. The van der Waals surface area contributed by atoms with Crippen LogP contribution in [0, 0.1) is 9.39 Å². The van der Waals surface area contributed by atoms with Crippen LogP contribution in [0.5, 0.6) is 0 Å². The summed E-state index contributed by atoms with van der Waals surface area (Å²) in [4.78, 5) is 12.1. The van der Waals surface area contributed by atoms with Crippen LogP contribution in [0.2, 0.25) is 5.02 Å². The largest absolute Gasteiger partial charge is 0.443 e. The van der Waals surface area contributed by atoms with E-state index in [9.17, 15) is 9.18 Å². The summed E-state index contributed by atoms with van der Waals surface area (Å²) >= 11 is 8.02. The maximum absolute atomic E-state index is 13.5. The molecule has 0 aliphatic rings. The van der Waals surface area contributed by atoms with E-state index in [1.165, 1.54) is 10.6 Å². The fraction of sp³-hybridized carbons (Fsp3) is 0.308. The van der Waals surface area contributed by atoms with Crippen LogP contribution in [0.3, 0.4) is 0 Å². The number of aromatic nitrogens is 1. The Bertz CT molecular complexity index is 661. The summed E-state index contributed by atoms with van der Waals surface area (Å²) < 4.78 is 20.9. The first-order valence-corrected chi connectivity index (χ1v) is 7.04. The van der Waals surface area contributed by atoms with Crippen LogP contribution >= 0.6 is 34.2 Å². The van der Waals surface area contributed by atoms with E-state index in [2.05, 4.69) is 22.6 Å². The lowest BCUT2D eigenvalue weighted by Gasteiger charge is -2.19. The second-order valence-corrected chi connectivity index (χ2v) is 6.63. The standard InChI is InChI=1S/C13H12ClFINO2/c1-13(2,3)19-12(18)17-6-9(16)7-4-5-8(15)10(14)11(7)17/h4-6H,1-3H3. The summed E-state index contributed by atoms with van der Waals surface area (Å²) in [6, 6.07) is 2.88. The molecule has 2 rings (SSSR count). The first-order chi connectivity index (χ1) is 8.70. The lowest BCUT2D eigenvalue weighted by molar-refractivity contribution is 0.0544. The SMILES string of the molecule is CC(C)(C)OC(=O)n1cc(I)c2ccc(F)c(Cl)c21. The molecule has 0 aliphatic carbocycles. The van der Waals surface area contributed by atoms with Crippen molar-refractivity contribution in [2.75, 3.05) is 0 Å². The van der Waals surface area contributed by atoms with Gasteiger partial charge >= 0.3 is 6.09 Å². The van der Waals surface area contributed by atoms with Gasteiger partial charge in [0.25, 0.3) is 0 Å². The quantitative estimate of drug-likeness (QED) is 0.599. The van der Waals surface area contributed by atoms with Crippen molar-refractivity contribution in [1.82, 2.24) is 4.57 Å². The molecule has 1 aromatic heterocycles. The van der Waals surface area contributed by atoms with E-state index in [0.717, 1.165) is 8.96 Å². The monoisotopic (exact) mass is 395 g/mol. The molecule has 0 N–H and O–H groups in total. The van der Waals surface area contributed by atoms with Crippen molar-refractivity contribution in [3.8, 4) is 0 Å². The van der Waals surface area contributed by atoms with Gasteiger partial charge in [0.1, 0.15) is 16.4 Å². The van der Waals surface area contributed by atoms with Gasteiger partial charge in [-0.05, 0) is 55.5 Å². The van der Waals surface area contributed by atoms with Crippen LogP contribution in [-0.2, 0) is 4.74 Å². The van der Waals surface area contributed by atoms with E-state index in [0.29, 0.717) is 5.52 Å². The molecule has 0 saturated heterocycles. The van der Waals surface area contributed by atoms with Gasteiger partial charge in [-0.3, -0.25) is 0 Å². The van der Waals surface area contributed by atoms with Gasteiger partial charge in [0, 0.05) is 15.2 Å². The molecule has 19 heavy (non-hydrogen) atoms. The molecule has 6 heteroatoms. The van der Waals surface area contributed by atoms with Crippen LogP contribution in [0.15, 0.2) is 18.3 Å². The molecule has 0 fully saturated rings. The first kappa shape index (κ1) is 14.6. The van der Waals surface area contributed by atoms with Crippen LogP contribution in [-0.4, -0.2) is 16.3 Å². The minimum Gasteiger partial charge on any atom is -0.443 e. The molecule has 0 amide bonds. The highest BCUT2D eigenvalue weighted by Gasteiger charge is 2.22. The van der Waals surface area contributed by atoms with Crippen LogP contribution in [0.1, 0.15) is 20.8 Å². The molecule has 0 atom stereocenters. The van der Waals surface area contributed by atoms with Gasteiger partial charge in [-0.2, -0.15) is 0 Å². The van der Waals surface area contributed by atoms with Gasteiger partial charge in [-0.1, -0.05) is 11.6 Å². The maximum atomic E-state index is 13.5. The van der Waals surface area contributed by atoms with Crippen LogP contribution in [0.4, 0.5) is 9.18 Å².